The summed E-state index contributed by atoms with van der Waals surface area (Å²) >= 11 is 0. The minimum Gasteiger partial charge on any atom is -0.267 e. The van der Waals surface area contributed by atoms with Crippen LogP contribution in [0.25, 0.3) is 16.9 Å². The van der Waals surface area contributed by atoms with Gasteiger partial charge in [-0.3, -0.25) is 20.4 Å². The fourth-order valence-electron chi connectivity index (χ4n) is 3.15. The summed E-state index contributed by atoms with van der Waals surface area (Å²) in [4.78, 5) is 25.2. The van der Waals surface area contributed by atoms with E-state index < -0.39 is 17.6 Å². The molecular formula is C24H19FN4O2. The number of aromatic nitrogens is 2. The Morgan fingerprint density at radius 2 is 1.52 bits per heavy atom. The third kappa shape index (κ3) is 4.35. The predicted molar refractivity (Wildman–Crippen MR) is 115 cm³/mol. The van der Waals surface area contributed by atoms with Crippen molar-refractivity contribution >= 4 is 11.8 Å². The number of benzene rings is 3. The highest BCUT2D eigenvalue weighted by molar-refractivity contribution is 6.02. The molecule has 0 atom stereocenters. The molecule has 31 heavy (non-hydrogen) atoms. The summed E-state index contributed by atoms with van der Waals surface area (Å²) < 4.78 is 15.4. The van der Waals surface area contributed by atoms with Gasteiger partial charge in [0, 0.05) is 11.8 Å². The molecule has 0 aliphatic carbocycles. The number of para-hydroxylation sites is 1. The Morgan fingerprint density at radius 1 is 0.839 bits per heavy atom. The third-order valence-corrected chi connectivity index (χ3v) is 4.68. The number of nitrogens with one attached hydrogen (secondary N) is 2. The number of nitrogens with zero attached hydrogens (tertiary/aromatic N) is 2. The second-order valence-electron chi connectivity index (χ2n) is 6.93. The van der Waals surface area contributed by atoms with Crippen molar-refractivity contribution in [2.24, 2.45) is 0 Å². The van der Waals surface area contributed by atoms with Crippen molar-refractivity contribution < 1.29 is 14.0 Å². The second kappa shape index (κ2) is 8.62. The van der Waals surface area contributed by atoms with Crippen molar-refractivity contribution in [1.82, 2.24) is 20.6 Å². The van der Waals surface area contributed by atoms with Crippen LogP contribution >= 0.6 is 0 Å². The third-order valence-electron chi connectivity index (χ3n) is 4.68. The van der Waals surface area contributed by atoms with E-state index in [0.29, 0.717) is 5.69 Å². The zero-order chi connectivity index (χ0) is 21.8. The molecule has 0 bridgehead atoms. The highest BCUT2D eigenvalue weighted by Crippen LogP contribution is 2.24. The molecule has 4 aromatic rings. The Kier molecular flexibility index (Phi) is 5.57. The Hall–Kier alpha value is -4.26. The summed E-state index contributed by atoms with van der Waals surface area (Å²) in [5.41, 5.74) is 7.75. The van der Waals surface area contributed by atoms with Gasteiger partial charge < -0.3 is 0 Å². The van der Waals surface area contributed by atoms with Crippen molar-refractivity contribution in [3.05, 3.63) is 108 Å². The first kappa shape index (κ1) is 20.0. The molecule has 154 valence electrons. The molecule has 2 amide bonds. The van der Waals surface area contributed by atoms with Crippen molar-refractivity contribution in [1.29, 1.82) is 0 Å². The van der Waals surface area contributed by atoms with Gasteiger partial charge in [0.05, 0.1) is 16.8 Å². The summed E-state index contributed by atoms with van der Waals surface area (Å²) in [7, 11) is 0. The standard InChI is InChI=1S/C24H19FN4O2/c1-16-8-7-9-17(14-16)22-20(15-29(28-22)18-10-3-2-4-11-18)24(31)27-26-23(30)19-12-5-6-13-21(19)25/h2-15H,1H3,(H,26,30)(H,27,31). The number of amides is 2. The van der Waals surface area contributed by atoms with E-state index in [9.17, 15) is 14.0 Å². The zero-order valence-corrected chi connectivity index (χ0v) is 16.7. The van der Waals surface area contributed by atoms with Gasteiger partial charge in [0.15, 0.2) is 0 Å². The number of hydrazine groups is 1. The van der Waals surface area contributed by atoms with Crippen molar-refractivity contribution in [2.75, 3.05) is 0 Å². The fraction of sp³-hybridized carbons (Fsp3) is 0.0417. The highest BCUT2D eigenvalue weighted by atomic mass is 19.1. The van der Waals surface area contributed by atoms with E-state index in [1.54, 1.807) is 16.9 Å². The van der Waals surface area contributed by atoms with Crippen LogP contribution in [0.3, 0.4) is 0 Å². The molecule has 0 radical (unpaired) electrons. The molecule has 1 aromatic heterocycles. The highest BCUT2D eigenvalue weighted by Gasteiger charge is 2.20. The SMILES string of the molecule is Cc1cccc(-c2nn(-c3ccccc3)cc2C(=O)NNC(=O)c2ccccc2F)c1. The van der Waals surface area contributed by atoms with Crippen molar-refractivity contribution in [3.63, 3.8) is 0 Å². The van der Waals surface area contributed by atoms with Crippen molar-refractivity contribution in [3.8, 4) is 16.9 Å². The van der Waals surface area contributed by atoms with Crippen LogP contribution in [0.1, 0.15) is 26.3 Å². The summed E-state index contributed by atoms with van der Waals surface area (Å²) in [5, 5.41) is 4.60. The van der Waals surface area contributed by atoms with E-state index >= 15 is 0 Å². The van der Waals surface area contributed by atoms with Gasteiger partial charge >= 0.3 is 0 Å². The van der Waals surface area contributed by atoms with Crippen molar-refractivity contribution in [2.45, 2.75) is 6.92 Å². The molecule has 1 heterocycles. The maximum atomic E-state index is 13.8. The maximum absolute atomic E-state index is 13.8. The van der Waals surface area contributed by atoms with Crippen LogP contribution in [0.2, 0.25) is 0 Å². The molecule has 7 heteroatoms. The quantitative estimate of drug-likeness (QED) is 0.495. The van der Waals surface area contributed by atoms with E-state index in [1.807, 2.05) is 61.5 Å². The maximum Gasteiger partial charge on any atom is 0.273 e. The molecule has 0 unspecified atom stereocenters. The van der Waals surface area contributed by atoms with Crippen LogP contribution in [0.5, 0.6) is 0 Å². The Morgan fingerprint density at radius 3 is 2.23 bits per heavy atom. The molecule has 3 aromatic carbocycles. The van der Waals surface area contributed by atoms with Crippen LogP contribution < -0.4 is 10.9 Å². The van der Waals surface area contributed by atoms with Gasteiger partial charge in [-0.05, 0) is 37.3 Å². The first-order chi connectivity index (χ1) is 15.0. The molecule has 0 saturated heterocycles. The number of hydrogen-bond donors (Lipinski definition) is 2. The van der Waals surface area contributed by atoms with E-state index in [-0.39, 0.29) is 11.1 Å². The summed E-state index contributed by atoms with van der Waals surface area (Å²) in [6.07, 6.45) is 1.59. The van der Waals surface area contributed by atoms with E-state index in [4.69, 9.17) is 0 Å². The number of hydrogen-bond acceptors (Lipinski definition) is 3. The molecule has 6 nitrogen and oxygen atoms in total. The Bertz CT molecular complexity index is 1250. The number of halogens is 1. The van der Waals surface area contributed by atoms with Gasteiger partial charge in [0.1, 0.15) is 11.5 Å². The van der Waals surface area contributed by atoms with Gasteiger partial charge in [0.25, 0.3) is 11.8 Å². The summed E-state index contributed by atoms with van der Waals surface area (Å²) in [5.74, 6) is -1.99. The number of carbonyl (C=O) groups is 2. The zero-order valence-electron chi connectivity index (χ0n) is 16.7. The molecule has 0 aliphatic heterocycles. The average molecular weight is 414 g/mol. The molecular weight excluding hydrogens is 395 g/mol. The number of aryl methyl sites for hydroxylation is 1. The smallest absolute Gasteiger partial charge is 0.267 e. The van der Waals surface area contributed by atoms with Gasteiger partial charge in [0.2, 0.25) is 0 Å². The minimum atomic E-state index is -0.751. The lowest BCUT2D eigenvalue weighted by Crippen LogP contribution is -2.42. The molecule has 0 fully saturated rings. The van der Waals surface area contributed by atoms with Crippen LogP contribution in [-0.2, 0) is 0 Å². The monoisotopic (exact) mass is 414 g/mol. The van der Waals surface area contributed by atoms with Crippen LogP contribution in [0.4, 0.5) is 4.39 Å². The summed E-state index contributed by atoms with van der Waals surface area (Å²) in [6.45, 7) is 1.95. The first-order valence-corrected chi connectivity index (χ1v) is 9.60. The topological polar surface area (TPSA) is 76.0 Å². The lowest BCUT2D eigenvalue weighted by molar-refractivity contribution is 0.0844. The largest absolute Gasteiger partial charge is 0.273 e. The van der Waals surface area contributed by atoms with Gasteiger partial charge in [-0.2, -0.15) is 5.10 Å². The van der Waals surface area contributed by atoms with Gasteiger partial charge in [-0.1, -0.05) is 54.1 Å². The lowest BCUT2D eigenvalue weighted by atomic mass is 10.1. The number of rotatable bonds is 4. The summed E-state index contributed by atoms with van der Waals surface area (Å²) in [6, 6.07) is 22.5. The molecule has 0 saturated carbocycles. The van der Waals surface area contributed by atoms with Crippen LogP contribution in [0, 0.1) is 12.7 Å². The van der Waals surface area contributed by atoms with Gasteiger partial charge in [-0.25, -0.2) is 9.07 Å². The second-order valence-corrected chi connectivity index (χ2v) is 6.93. The average Bonchev–Trinajstić information content (AvgIpc) is 3.24. The van der Waals surface area contributed by atoms with Crippen LogP contribution in [0.15, 0.2) is 85.1 Å². The van der Waals surface area contributed by atoms with E-state index in [2.05, 4.69) is 16.0 Å². The van der Waals surface area contributed by atoms with E-state index in [0.717, 1.165) is 16.8 Å². The normalized spacial score (nSPS) is 10.5. The number of carbonyl (C=O) groups excluding carboxylic acids is 2. The van der Waals surface area contributed by atoms with Gasteiger partial charge in [-0.15, -0.1) is 0 Å². The first-order valence-electron chi connectivity index (χ1n) is 9.60. The lowest BCUT2D eigenvalue weighted by Gasteiger charge is -2.08. The van der Waals surface area contributed by atoms with E-state index in [1.165, 1.54) is 18.2 Å². The fourth-order valence-corrected chi connectivity index (χ4v) is 3.15. The Balaban J connectivity index is 1.64. The molecule has 2 N–H and O–H groups in total. The molecule has 4 rings (SSSR count). The molecule has 0 aliphatic rings. The Labute approximate surface area is 178 Å². The minimum absolute atomic E-state index is 0.165. The predicted octanol–water partition coefficient (Wildman–Crippen LogP) is 4.06. The molecule has 0 spiro atoms. The van der Waals surface area contributed by atoms with Crippen LogP contribution in [-0.4, -0.2) is 21.6 Å².